The first kappa shape index (κ1) is 16.5. The highest BCUT2D eigenvalue weighted by atomic mass is 19.4. The number of nitrogens with one attached hydrogen (secondary N) is 2. The zero-order valence-corrected chi connectivity index (χ0v) is 10.5. The fourth-order valence-electron chi connectivity index (χ4n) is 1.57. The summed E-state index contributed by atoms with van der Waals surface area (Å²) in [6.45, 7) is -1.84. The molecule has 1 heterocycles. The largest absolute Gasteiger partial charge is 0.479 e. The third-order valence-corrected chi connectivity index (χ3v) is 2.58. The molecule has 0 spiro atoms. The molecule has 1 rings (SSSR count). The molecular formula is C10H15F3N2O5. The predicted molar refractivity (Wildman–Crippen MR) is 59.2 cm³/mol. The molecule has 20 heavy (non-hydrogen) atoms. The van der Waals surface area contributed by atoms with E-state index in [0.717, 1.165) is 0 Å². The zero-order valence-electron chi connectivity index (χ0n) is 10.5. The Morgan fingerprint density at radius 1 is 1.40 bits per heavy atom. The first-order chi connectivity index (χ1) is 9.25. The molecule has 1 atom stereocenters. The van der Waals surface area contributed by atoms with E-state index >= 15 is 0 Å². The Bertz CT molecular complexity index is 355. The van der Waals surface area contributed by atoms with Gasteiger partial charge in [0.1, 0.15) is 6.61 Å². The second-order valence-corrected chi connectivity index (χ2v) is 4.24. The van der Waals surface area contributed by atoms with Gasteiger partial charge in [0, 0.05) is 19.6 Å². The Hall–Kier alpha value is -1.55. The van der Waals surface area contributed by atoms with Crippen LogP contribution in [0.4, 0.5) is 18.0 Å². The van der Waals surface area contributed by atoms with Crippen molar-refractivity contribution in [3.8, 4) is 0 Å². The molecular weight excluding hydrogens is 285 g/mol. The molecule has 0 aromatic carbocycles. The topological polar surface area (TPSA) is 96.9 Å². The third kappa shape index (κ3) is 5.21. The van der Waals surface area contributed by atoms with E-state index in [1.165, 1.54) is 0 Å². The number of urea groups is 1. The summed E-state index contributed by atoms with van der Waals surface area (Å²) in [5.74, 6) is -1.22. The normalized spacial score (nSPS) is 22.6. The molecule has 0 radical (unpaired) electrons. The Labute approximate surface area is 112 Å². The number of aliphatic carboxylic acids is 1. The molecule has 0 aromatic rings. The van der Waals surface area contributed by atoms with Crippen LogP contribution in [0.3, 0.4) is 0 Å². The lowest BCUT2D eigenvalue weighted by Gasteiger charge is -2.23. The molecule has 2 amide bonds. The minimum absolute atomic E-state index is 0.125. The van der Waals surface area contributed by atoms with E-state index in [-0.39, 0.29) is 32.8 Å². The van der Waals surface area contributed by atoms with Crippen molar-refractivity contribution in [3.05, 3.63) is 0 Å². The number of hydrogen-bond donors (Lipinski definition) is 3. The summed E-state index contributed by atoms with van der Waals surface area (Å²) in [5.41, 5.74) is -1.49. The highest BCUT2D eigenvalue weighted by molar-refractivity contribution is 5.86. The summed E-state index contributed by atoms with van der Waals surface area (Å²) in [7, 11) is 0. The minimum Gasteiger partial charge on any atom is -0.479 e. The fourth-order valence-corrected chi connectivity index (χ4v) is 1.57. The van der Waals surface area contributed by atoms with E-state index in [0.29, 0.717) is 0 Å². The molecule has 0 bridgehead atoms. The first-order valence-corrected chi connectivity index (χ1v) is 5.77. The van der Waals surface area contributed by atoms with Gasteiger partial charge in [-0.15, -0.1) is 0 Å². The molecule has 10 heteroatoms. The van der Waals surface area contributed by atoms with Crippen molar-refractivity contribution in [1.29, 1.82) is 0 Å². The van der Waals surface area contributed by atoms with Crippen LogP contribution in [-0.4, -0.2) is 61.8 Å². The van der Waals surface area contributed by atoms with Crippen LogP contribution in [0.15, 0.2) is 0 Å². The van der Waals surface area contributed by atoms with Crippen LogP contribution < -0.4 is 10.6 Å². The SMILES string of the molecule is O=C(NCCOCC(F)(F)F)NC1(C(=O)O)CCOC1. The van der Waals surface area contributed by atoms with Crippen molar-refractivity contribution in [2.24, 2.45) is 0 Å². The molecule has 116 valence electrons. The standard InChI is InChI=1S/C10H15F3N2O5/c11-10(12,13)6-20-4-2-14-8(18)15-9(7(16)17)1-3-19-5-9/h1-6H2,(H,16,17)(H2,14,15,18). The Kier molecular flexibility index (Phi) is 5.57. The number of hydrogen-bond acceptors (Lipinski definition) is 4. The maximum absolute atomic E-state index is 11.7. The number of carboxylic acid groups (broad SMARTS) is 1. The quantitative estimate of drug-likeness (QED) is 0.605. The number of carboxylic acids is 1. The molecule has 1 saturated heterocycles. The molecule has 1 aliphatic rings. The summed E-state index contributed by atoms with van der Waals surface area (Å²) in [4.78, 5) is 22.5. The Balaban J connectivity index is 2.24. The monoisotopic (exact) mass is 300 g/mol. The maximum atomic E-state index is 11.7. The summed E-state index contributed by atoms with van der Waals surface area (Å²) in [6, 6.07) is -0.798. The molecule has 0 aromatic heterocycles. The molecule has 1 fully saturated rings. The highest BCUT2D eigenvalue weighted by Gasteiger charge is 2.43. The number of carbonyl (C=O) groups is 2. The smallest absolute Gasteiger partial charge is 0.411 e. The van der Waals surface area contributed by atoms with E-state index in [1.807, 2.05) is 0 Å². The van der Waals surface area contributed by atoms with Gasteiger partial charge in [-0.2, -0.15) is 13.2 Å². The van der Waals surface area contributed by atoms with E-state index in [2.05, 4.69) is 15.4 Å². The van der Waals surface area contributed by atoms with Crippen LogP contribution in [0.2, 0.25) is 0 Å². The van der Waals surface area contributed by atoms with Crippen molar-refractivity contribution >= 4 is 12.0 Å². The van der Waals surface area contributed by atoms with Gasteiger partial charge in [0.15, 0.2) is 5.54 Å². The zero-order chi connectivity index (χ0) is 15.2. The summed E-state index contributed by atoms with van der Waals surface area (Å²) in [6.07, 6.45) is -4.29. The van der Waals surface area contributed by atoms with E-state index < -0.39 is 30.3 Å². The molecule has 1 unspecified atom stereocenters. The van der Waals surface area contributed by atoms with Crippen LogP contribution >= 0.6 is 0 Å². The highest BCUT2D eigenvalue weighted by Crippen LogP contribution is 2.18. The average molecular weight is 300 g/mol. The Morgan fingerprint density at radius 3 is 2.60 bits per heavy atom. The summed E-state index contributed by atoms with van der Waals surface area (Å²) < 4.78 is 44.5. The van der Waals surface area contributed by atoms with Crippen LogP contribution in [0.1, 0.15) is 6.42 Å². The lowest BCUT2D eigenvalue weighted by atomic mass is 9.99. The second-order valence-electron chi connectivity index (χ2n) is 4.24. The number of carbonyl (C=O) groups excluding carboxylic acids is 1. The van der Waals surface area contributed by atoms with E-state index in [1.54, 1.807) is 0 Å². The number of halogens is 3. The number of rotatable bonds is 6. The molecule has 0 saturated carbocycles. The van der Waals surface area contributed by atoms with Crippen molar-refractivity contribution < 1.29 is 37.3 Å². The average Bonchev–Trinajstić information content (AvgIpc) is 2.76. The molecule has 7 nitrogen and oxygen atoms in total. The van der Waals surface area contributed by atoms with Crippen molar-refractivity contribution in [3.63, 3.8) is 0 Å². The lowest BCUT2D eigenvalue weighted by Crippen LogP contribution is -2.58. The predicted octanol–water partition coefficient (Wildman–Crippen LogP) is 0.108. The summed E-state index contributed by atoms with van der Waals surface area (Å²) >= 11 is 0. The van der Waals surface area contributed by atoms with Gasteiger partial charge in [0.2, 0.25) is 0 Å². The van der Waals surface area contributed by atoms with Crippen molar-refractivity contribution in [2.45, 2.75) is 18.1 Å². The number of ether oxygens (including phenoxy) is 2. The summed E-state index contributed by atoms with van der Waals surface area (Å²) in [5, 5.41) is 13.5. The fraction of sp³-hybridized carbons (Fsp3) is 0.800. The molecule has 0 aliphatic carbocycles. The van der Waals surface area contributed by atoms with Gasteiger partial charge in [-0.05, 0) is 0 Å². The van der Waals surface area contributed by atoms with Gasteiger partial charge < -0.3 is 25.2 Å². The van der Waals surface area contributed by atoms with Crippen molar-refractivity contribution in [1.82, 2.24) is 10.6 Å². The third-order valence-electron chi connectivity index (χ3n) is 2.58. The number of amides is 2. The molecule has 3 N–H and O–H groups in total. The number of alkyl halides is 3. The maximum Gasteiger partial charge on any atom is 0.411 e. The Morgan fingerprint density at radius 2 is 2.10 bits per heavy atom. The van der Waals surface area contributed by atoms with Gasteiger partial charge >= 0.3 is 18.2 Å². The van der Waals surface area contributed by atoms with Gasteiger partial charge in [-0.3, -0.25) is 0 Å². The van der Waals surface area contributed by atoms with E-state index in [9.17, 15) is 22.8 Å². The van der Waals surface area contributed by atoms with Gasteiger partial charge in [-0.1, -0.05) is 0 Å². The van der Waals surface area contributed by atoms with Crippen LogP contribution in [-0.2, 0) is 14.3 Å². The van der Waals surface area contributed by atoms with Gasteiger partial charge in [0.25, 0.3) is 0 Å². The van der Waals surface area contributed by atoms with E-state index in [4.69, 9.17) is 9.84 Å². The minimum atomic E-state index is -4.42. The first-order valence-electron chi connectivity index (χ1n) is 5.77. The van der Waals surface area contributed by atoms with Crippen molar-refractivity contribution in [2.75, 3.05) is 33.0 Å². The molecule has 1 aliphatic heterocycles. The lowest BCUT2D eigenvalue weighted by molar-refractivity contribution is -0.173. The van der Waals surface area contributed by atoms with Crippen LogP contribution in [0.5, 0.6) is 0 Å². The van der Waals surface area contributed by atoms with Crippen LogP contribution in [0.25, 0.3) is 0 Å². The van der Waals surface area contributed by atoms with Gasteiger partial charge in [-0.25, -0.2) is 9.59 Å². The second kappa shape index (κ2) is 6.75. The van der Waals surface area contributed by atoms with Gasteiger partial charge in [0.05, 0.1) is 13.2 Å². The van der Waals surface area contributed by atoms with Crippen LogP contribution in [0, 0.1) is 0 Å².